The molecule has 4 rings (SSSR count). The van der Waals surface area contributed by atoms with E-state index in [9.17, 15) is 4.79 Å². The third-order valence-corrected chi connectivity index (χ3v) is 4.62. The van der Waals surface area contributed by atoms with E-state index < -0.39 is 0 Å². The van der Waals surface area contributed by atoms with E-state index in [1.54, 1.807) is 26.2 Å². The minimum absolute atomic E-state index is 0.0577. The molecular formula is C18H20N6O2. The van der Waals surface area contributed by atoms with Crippen LogP contribution in [0.15, 0.2) is 28.9 Å². The number of nitrogens with one attached hydrogen (secondary N) is 1. The number of rotatable bonds is 3. The van der Waals surface area contributed by atoms with Crippen molar-refractivity contribution < 1.29 is 9.21 Å². The second-order valence-corrected chi connectivity index (χ2v) is 6.47. The SMILES string of the molecule is Cc1nc(C(=O)NC2CCc3nnc(-c4cccnc4)n3CC2)c(C)o1. The molecule has 1 aliphatic rings. The summed E-state index contributed by atoms with van der Waals surface area (Å²) < 4.78 is 7.47. The molecule has 1 aliphatic heterocycles. The van der Waals surface area contributed by atoms with Gasteiger partial charge in [-0.3, -0.25) is 9.78 Å². The summed E-state index contributed by atoms with van der Waals surface area (Å²) >= 11 is 0. The molecule has 26 heavy (non-hydrogen) atoms. The average molecular weight is 352 g/mol. The van der Waals surface area contributed by atoms with Crippen LogP contribution in [0.5, 0.6) is 0 Å². The Kier molecular flexibility index (Phi) is 4.24. The maximum Gasteiger partial charge on any atom is 0.273 e. The first-order chi connectivity index (χ1) is 12.6. The quantitative estimate of drug-likeness (QED) is 0.775. The highest BCUT2D eigenvalue weighted by Gasteiger charge is 2.24. The molecule has 0 bridgehead atoms. The van der Waals surface area contributed by atoms with Crippen LogP contribution in [-0.4, -0.2) is 36.7 Å². The fourth-order valence-electron chi connectivity index (χ4n) is 3.33. The number of hydrogen-bond acceptors (Lipinski definition) is 6. The molecule has 1 unspecified atom stereocenters. The molecule has 0 spiro atoms. The van der Waals surface area contributed by atoms with Gasteiger partial charge in [-0.15, -0.1) is 10.2 Å². The number of hydrogen-bond donors (Lipinski definition) is 1. The smallest absolute Gasteiger partial charge is 0.273 e. The van der Waals surface area contributed by atoms with Crippen molar-refractivity contribution >= 4 is 5.91 Å². The largest absolute Gasteiger partial charge is 0.445 e. The van der Waals surface area contributed by atoms with Crippen molar-refractivity contribution in [1.82, 2.24) is 30.0 Å². The highest BCUT2D eigenvalue weighted by molar-refractivity contribution is 5.93. The molecule has 3 aromatic heterocycles. The summed E-state index contributed by atoms with van der Waals surface area (Å²) in [6.07, 6.45) is 5.90. The minimum atomic E-state index is -0.186. The average Bonchev–Trinajstić information content (AvgIpc) is 3.14. The zero-order chi connectivity index (χ0) is 18.1. The first-order valence-corrected chi connectivity index (χ1v) is 8.69. The second-order valence-electron chi connectivity index (χ2n) is 6.47. The van der Waals surface area contributed by atoms with Crippen LogP contribution >= 0.6 is 0 Å². The maximum atomic E-state index is 12.5. The second kappa shape index (κ2) is 6.70. The third kappa shape index (κ3) is 3.10. The molecule has 3 aromatic rings. The standard InChI is InChI=1S/C18H20N6O2/c1-11-16(20-12(2)26-11)18(25)21-14-5-6-15-22-23-17(24(15)9-7-14)13-4-3-8-19-10-13/h3-4,8,10,14H,5-7,9H2,1-2H3,(H,21,25). The van der Waals surface area contributed by atoms with Gasteiger partial charge in [0.05, 0.1) is 0 Å². The zero-order valence-corrected chi connectivity index (χ0v) is 14.8. The Balaban J connectivity index is 1.48. The molecule has 0 fully saturated rings. The van der Waals surface area contributed by atoms with Gasteiger partial charge in [0, 0.05) is 43.9 Å². The van der Waals surface area contributed by atoms with Gasteiger partial charge in [-0.2, -0.15) is 0 Å². The summed E-state index contributed by atoms with van der Waals surface area (Å²) in [7, 11) is 0. The molecule has 1 amide bonds. The molecule has 4 heterocycles. The van der Waals surface area contributed by atoms with Crippen LogP contribution in [0, 0.1) is 13.8 Å². The van der Waals surface area contributed by atoms with Crippen molar-refractivity contribution in [3.8, 4) is 11.4 Å². The van der Waals surface area contributed by atoms with Crippen molar-refractivity contribution in [3.63, 3.8) is 0 Å². The number of aromatic nitrogens is 5. The monoisotopic (exact) mass is 352 g/mol. The lowest BCUT2D eigenvalue weighted by Gasteiger charge is -2.15. The van der Waals surface area contributed by atoms with Crippen molar-refractivity contribution in [1.29, 1.82) is 0 Å². The van der Waals surface area contributed by atoms with Crippen LogP contribution < -0.4 is 5.32 Å². The van der Waals surface area contributed by atoms with E-state index >= 15 is 0 Å². The number of carbonyl (C=O) groups is 1. The third-order valence-electron chi connectivity index (χ3n) is 4.62. The minimum Gasteiger partial charge on any atom is -0.445 e. The zero-order valence-electron chi connectivity index (χ0n) is 14.8. The van der Waals surface area contributed by atoms with Gasteiger partial charge >= 0.3 is 0 Å². The molecule has 0 saturated carbocycles. The number of amides is 1. The number of oxazole rings is 1. The first-order valence-electron chi connectivity index (χ1n) is 8.69. The Morgan fingerprint density at radius 3 is 2.92 bits per heavy atom. The Hall–Kier alpha value is -3.03. The normalized spacial score (nSPS) is 16.8. The summed E-state index contributed by atoms with van der Waals surface area (Å²) in [4.78, 5) is 20.8. The highest BCUT2D eigenvalue weighted by atomic mass is 16.4. The van der Waals surface area contributed by atoms with Crippen molar-refractivity contribution in [2.75, 3.05) is 0 Å². The van der Waals surface area contributed by atoms with Gasteiger partial charge in [-0.05, 0) is 31.9 Å². The van der Waals surface area contributed by atoms with Gasteiger partial charge in [-0.1, -0.05) is 0 Å². The lowest BCUT2D eigenvalue weighted by molar-refractivity contribution is 0.0927. The number of aryl methyl sites for hydroxylation is 3. The Morgan fingerprint density at radius 1 is 1.31 bits per heavy atom. The summed E-state index contributed by atoms with van der Waals surface area (Å²) in [5.41, 5.74) is 1.31. The molecule has 134 valence electrons. The predicted molar refractivity (Wildman–Crippen MR) is 93.4 cm³/mol. The number of pyridine rings is 1. The lowest BCUT2D eigenvalue weighted by atomic mass is 10.1. The molecule has 8 heteroatoms. The van der Waals surface area contributed by atoms with E-state index in [1.807, 2.05) is 12.1 Å². The van der Waals surface area contributed by atoms with E-state index in [4.69, 9.17) is 4.42 Å². The number of carbonyl (C=O) groups excluding carboxylic acids is 1. The van der Waals surface area contributed by atoms with E-state index in [0.29, 0.717) is 17.3 Å². The molecule has 0 aliphatic carbocycles. The molecule has 0 aromatic carbocycles. The van der Waals surface area contributed by atoms with Gasteiger partial charge in [0.15, 0.2) is 17.4 Å². The number of nitrogens with zero attached hydrogens (tertiary/aromatic N) is 5. The van der Waals surface area contributed by atoms with Crippen molar-refractivity contribution in [3.05, 3.63) is 47.7 Å². The maximum absolute atomic E-state index is 12.5. The lowest BCUT2D eigenvalue weighted by Crippen LogP contribution is -2.35. The Bertz CT molecular complexity index is 931. The Labute approximate surface area is 150 Å². The van der Waals surface area contributed by atoms with Gasteiger partial charge in [-0.25, -0.2) is 4.98 Å². The van der Waals surface area contributed by atoms with Crippen LogP contribution in [0.3, 0.4) is 0 Å². The summed E-state index contributed by atoms with van der Waals surface area (Å²) in [6, 6.07) is 3.92. The molecular weight excluding hydrogens is 332 g/mol. The van der Waals surface area contributed by atoms with Crippen molar-refractivity contribution in [2.45, 2.75) is 45.7 Å². The molecule has 0 radical (unpaired) electrons. The van der Waals surface area contributed by atoms with Gasteiger partial charge < -0.3 is 14.3 Å². The fraction of sp³-hybridized carbons (Fsp3) is 0.389. The van der Waals surface area contributed by atoms with Crippen LogP contribution in [0.25, 0.3) is 11.4 Å². The fourth-order valence-corrected chi connectivity index (χ4v) is 3.33. The highest BCUT2D eigenvalue weighted by Crippen LogP contribution is 2.22. The van der Waals surface area contributed by atoms with Crippen molar-refractivity contribution in [2.24, 2.45) is 0 Å². The van der Waals surface area contributed by atoms with Crippen LogP contribution in [0.2, 0.25) is 0 Å². The molecule has 8 nitrogen and oxygen atoms in total. The van der Waals surface area contributed by atoms with E-state index in [2.05, 4.69) is 30.0 Å². The van der Waals surface area contributed by atoms with Crippen LogP contribution in [0.1, 0.15) is 40.8 Å². The molecule has 1 atom stereocenters. The van der Waals surface area contributed by atoms with Crippen LogP contribution in [-0.2, 0) is 13.0 Å². The van der Waals surface area contributed by atoms with Gasteiger partial charge in [0.25, 0.3) is 5.91 Å². The molecule has 1 N–H and O–H groups in total. The Morgan fingerprint density at radius 2 is 2.19 bits per heavy atom. The first kappa shape index (κ1) is 16.4. The summed E-state index contributed by atoms with van der Waals surface area (Å²) in [6.45, 7) is 4.24. The van der Waals surface area contributed by atoms with E-state index in [1.165, 1.54) is 0 Å². The summed E-state index contributed by atoms with van der Waals surface area (Å²) in [5, 5.41) is 11.7. The van der Waals surface area contributed by atoms with E-state index in [0.717, 1.165) is 43.0 Å². The van der Waals surface area contributed by atoms with Gasteiger partial charge in [0.1, 0.15) is 11.6 Å². The number of fused-ring (bicyclic) bond motifs is 1. The van der Waals surface area contributed by atoms with Crippen LogP contribution in [0.4, 0.5) is 0 Å². The van der Waals surface area contributed by atoms with Gasteiger partial charge in [0.2, 0.25) is 0 Å². The molecule has 0 saturated heterocycles. The van der Waals surface area contributed by atoms with E-state index in [-0.39, 0.29) is 11.9 Å². The summed E-state index contributed by atoms with van der Waals surface area (Å²) in [5.74, 6) is 2.62. The predicted octanol–water partition coefficient (Wildman–Crippen LogP) is 2.08. The topological polar surface area (TPSA) is 98.7 Å².